The second kappa shape index (κ2) is 6.52. The van der Waals surface area contributed by atoms with E-state index < -0.39 is 0 Å². The molecule has 20 heavy (non-hydrogen) atoms. The van der Waals surface area contributed by atoms with Gasteiger partial charge in [0.25, 0.3) is 0 Å². The summed E-state index contributed by atoms with van der Waals surface area (Å²) in [5, 5.41) is 0. The number of aldehydes is 1. The van der Waals surface area contributed by atoms with Crippen molar-refractivity contribution < 1.29 is 18.7 Å². The van der Waals surface area contributed by atoms with Crippen molar-refractivity contribution >= 4 is 22.2 Å². The van der Waals surface area contributed by atoms with Gasteiger partial charge in [0.05, 0.1) is 17.1 Å². The third kappa shape index (κ3) is 2.99. The summed E-state index contributed by atoms with van der Waals surface area (Å²) in [7, 11) is 1.48. The Morgan fingerprint density at radius 3 is 2.70 bits per heavy atom. The van der Waals surface area contributed by atoms with Crippen molar-refractivity contribution in [1.29, 1.82) is 0 Å². The largest absolute Gasteiger partial charge is 0.493 e. The van der Waals surface area contributed by atoms with E-state index in [0.717, 1.165) is 0 Å². The SMILES string of the molecule is COc1cccc(C=O)c1OCc1cccc(Br)c1F. The molecule has 0 aliphatic rings. The van der Waals surface area contributed by atoms with Gasteiger partial charge in [0.15, 0.2) is 17.8 Å². The van der Waals surface area contributed by atoms with Crippen LogP contribution < -0.4 is 9.47 Å². The predicted molar refractivity (Wildman–Crippen MR) is 76.8 cm³/mol. The van der Waals surface area contributed by atoms with E-state index in [4.69, 9.17) is 9.47 Å². The van der Waals surface area contributed by atoms with Crippen LogP contribution >= 0.6 is 15.9 Å². The first-order valence-corrected chi connectivity index (χ1v) is 6.64. The lowest BCUT2D eigenvalue weighted by Crippen LogP contribution is -2.02. The van der Waals surface area contributed by atoms with Crippen LogP contribution in [0.4, 0.5) is 4.39 Å². The molecular weight excluding hydrogens is 327 g/mol. The van der Waals surface area contributed by atoms with Crippen LogP contribution in [0.2, 0.25) is 0 Å². The summed E-state index contributed by atoms with van der Waals surface area (Å²) in [4.78, 5) is 11.0. The molecular formula is C15H12BrFO3. The molecule has 0 aliphatic carbocycles. The molecule has 0 aliphatic heterocycles. The zero-order valence-electron chi connectivity index (χ0n) is 10.7. The van der Waals surface area contributed by atoms with Crippen molar-refractivity contribution in [2.45, 2.75) is 6.61 Å². The molecule has 0 saturated heterocycles. The van der Waals surface area contributed by atoms with Gasteiger partial charge < -0.3 is 9.47 Å². The Morgan fingerprint density at radius 1 is 1.25 bits per heavy atom. The molecule has 5 heteroatoms. The number of ether oxygens (including phenoxy) is 2. The lowest BCUT2D eigenvalue weighted by molar-refractivity contribution is 0.111. The van der Waals surface area contributed by atoms with Gasteiger partial charge in [0, 0.05) is 5.56 Å². The molecule has 0 saturated carbocycles. The van der Waals surface area contributed by atoms with E-state index in [2.05, 4.69) is 15.9 Å². The van der Waals surface area contributed by atoms with Crippen molar-refractivity contribution in [3.8, 4) is 11.5 Å². The molecule has 0 N–H and O–H groups in total. The summed E-state index contributed by atoms with van der Waals surface area (Å²) in [5.74, 6) is 0.365. The fraction of sp³-hybridized carbons (Fsp3) is 0.133. The number of rotatable bonds is 5. The summed E-state index contributed by atoms with van der Waals surface area (Å²) in [5.41, 5.74) is 0.752. The maximum absolute atomic E-state index is 13.8. The highest BCUT2D eigenvalue weighted by molar-refractivity contribution is 9.10. The molecule has 0 bridgehead atoms. The summed E-state index contributed by atoms with van der Waals surface area (Å²) < 4.78 is 24.9. The van der Waals surface area contributed by atoms with E-state index in [1.807, 2.05) is 0 Å². The van der Waals surface area contributed by atoms with E-state index >= 15 is 0 Å². The number of para-hydroxylation sites is 1. The number of benzene rings is 2. The average molecular weight is 339 g/mol. The Bertz CT molecular complexity index is 629. The maximum atomic E-state index is 13.8. The van der Waals surface area contributed by atoms with E-state index in [-0.39, 0.29) is 12.4 Å². The minimum absolute atomic E-state index is 0.00644. The Hall–Kier alpha value is -1.88. The van der Waals surface area contributed by atoms with Crippen LogP contribution in [0, 0.1) is 5.82 Å². The number of halogens is 2. The standard InChI is InChI=1S/C15H12BrFO3/c1-19-13-7-3-4-10(8-18)15(13)20-9-11-5-2-6-12(16)14(11)17/h2-8H,9H2,1H3. The zero-order valence-corrected chi connectivity index (χ0v) is 12.3. The summed E-state index contributed by atoms with van der Waals surface area (Å²) in [6, 6.07) is 9.93. The van der Waals surface area contributed by atoms with Crippen molar-refractivity contribution in [3.63, 3.8) is 0 Å². The van der Waals surface area contributed by atoms with Crippen LogP contribution in [0.25, 0.3) is 0 Å². The molecule has 0 unspecified atom stereocenters. The minimum Gasteiger partial charge on any atom is -0.493 e. The minimum atomic E-state index is -0.380. The van der Waals surface area contributed by atoms with Crippen LogP contribution in [-0.2, 0) is 6.61 Å². The lowest BCUT2D eigenvalue weighted by Gasteiger charge is -2.13. The molecule has 0 fully saturated rings. The number of carbonyl (C=O) groups excluding carboxylic acids is 1. The van der Waals surface area contributed by atoms with Crippen LogP contribution in [-0.4, -0.2) is 13.4 Å². The van der Waals surface area contributed by atoms with Gasteiger partial charge in [-0.25, -0.2) is 4.39 Å². The molecule has 3 nitrogen and oxygen atoms in total. The Morgan fingerprint density at radius 2 is 2.00 bits per heavy atom. The number of carbonyl (C=O) groups is 1. The Kier molecular flexibility index (Phi) is 4.74. The molecule has 0 aromatic heterocycles. The molecule has 0 atom stereocenters. The van der Waals surface area contributed by atoms with Crippen LogP contribution in [0.1, 0.15) is 15.9 Å². The van der Waals surface area contributed by atoms with Gasteiger partial charge in [-0.05, 0) is 34.1 Å². The second-order valence-electron chi connectivity index (χ2n) is 4.00. The van der Waals surface area contributed by atoms with E-state index in [1.54, 1.807) is 36.4 Å². The molecule has 0 radical (unpaired) electrons. The molecule has 2 aromatic rings. The fourth-order valence-corrected chi connectivity index (χ4v) is 2.16. The first-order chi connectivity index (χ1) is 9.67. The van der Waals surface area contributed by atoms with Gasteiger partial charge in [-0.2, -0.15) is 0 Å². The Labute approximate surface area is 124 Å². The highest BCUT2D eigenvalue weighted by Crippen LogP contribution is 2.31. The smallest absolute Gasteiger partial charge is 0.172 e. The van der Waals surface area contributed by atoms with Crippen LogP contribution in [0.15, 0.2) is 40.9 Å². The summed E-state index contributed by atoms with van der Waals surface area (Å²) in [6.45, 7) is 0.00644. The van der Waals surface area contributed by atoms with Gasteiger partial charge in [-0.1, -0.05) is 18.2 Å². The fourth-order valence-electron chi connectivity index (χ4n) is 1.75. The normalized spacial score (nSPS) is 10.2. The van der Waals surface area contributed by atoms with Crippen molar-refractivity contribution in [2.24, 2.45) is 0 Å². The highest BCUT2D eigenvalue weighted by atomic mass is 79.9. The van der Waals surface area contributed by atoms with Gasteiger partial charge >= 0.3 is 0 Å². The summed E-state index contributed by atoms with van der Waals surface area (Å²) >= 11 is 3.12. The average Bonchev–Trinajstić information content (AvgIpc) is 2.48. The first kappa shape index (κ1) is 14.5. The van der Waals surface area contributed by atoms with Crippen molar-refractivity contribution in [3.05, 3.63) is 57.8 Å². The third-order valence-electron chi connectivity index (χ3n) is 2.76. The second-order valence-corrected chi connectivity index (χ2v) is 4.85. The molecule has 2 aromatic carbocycles. The summed E-state index contributed by atoms with van der Waals surface area (Å²) in [6.07, 6.45) is 0.676. The molecule has 0 spiro atoms. The van der Waals surface area contributed by atoms with Gasteiger partial charge in [0.1, 0.15) is 12.4 Å². The van der Waals surface area contributed by atoms with Crippen molar-refractivity contribution in [2.75, 3.05) is 7.11 Å². The van der Waals surface area contributed by atoms with E-state index in [0.29, 0.717) is 33.4 Å². The third-order valence-corrected chi connectivity index (χ3v) is 3.37. The number of hydrogen-bond donors (Lipinski definition) is 0. The lowest BCUT2D eigenvalue weighted by atomic mass is 10.2. The maximum Gasteiger partial charge on any atom is 0.172 e. The monoisotopic (exact) mass is 338 g/mol. The van der Waals surface area contributed by atoms with Crippen LogP contribution in [0.3, 0.4) is 0 Å². The predicted octanol–water partition coefficient (Wildman–Crippen LogP) is 3.99. The van der Waals surface area contributed by atoms with Gasteiger partial charge in [0.2, 0.25) is 0 Å². The van der Waals surface area contributed by atoms with Crippen molar-refractivity contribution in [1.82, 2.24) is 0 Å². The zero-order chi connectivity index (χ0) is 14.5. The van der Waals surface area contributed by atoms with Crippen LogP contribution in [0.5, 0.6) is 11.5 Å². The first-order valence-electron chi connectivity index (χ1n) is 5.85. The molecule has 0 heterocycles. The van der Waals surface area contributed by atoms with E-state index in [1.165, 1.54) is 7.11 Å². The molecule has 104 valence electrons. The highest BCUT2D eigenvalue weighted by Gasteiger charge is 2.12. The quantitative estimate of drug-likeness (QED) is 0.773. The number of hydrogen-bond acceptors (Lipinski definition) is 3. The molecule has 0 amide bonds. The Balaban J connectivity index is 2.27. The number of methoxy groups -OCH3 is 1. The molecule has 2 rings (SSSR count). The van der Waals surface area contributed by atoms with E-state index in [9.17, 15) is 9.18 Å². The topological polar surface area (TPSA) is 35.5 Å². The van der Waals surface area contributed by atoms with Gasteiger partial charge in [-0.15, -0.1) is 0 Å². The van der Waals surface area contributed by atoms with Gasteiger partial charge in [-0.3, -0.25) is 4.79 Å².